The summed E-state index contributed by atoms with van der Waals surface area (Å²) in [6.45, 7) is 2.28. The maximum atomic E-state index is 10.4. The zero-order valence-electron chi connectivity index (χ0n) is 20.7. The second-order valence-electron chi connectivity index (χ2n) is 8.91. The van der Waals surface area contributed by atoms with Gasteiger partial charge in [-0.2, -0.15) is 0 Å². The van der Waals surface area contributed by atoms with Crippen LogP contribution in [-0.2, 0) is 4.79 Å². The number of carboxylic acid groups (broad SMARTS) is 1. The number of rotatable bonds is 24. The van der Waals surface area contributed by atoms with Crippen LogP contribution in [0.3, 0.4) is 0 Å². The molecular formula is C29H52O2. The van der Waals surface area contributed by atoms with Crippen molar-refractivity contribution in [3.63, 3.8) is 0 Å². The Hall–Kier alpha value is -1.31. The third kappa shape index (κ3) is 28.7. The molecule has 0 radical (unpaired) electrons. The van der Waals surface area contributed by atoms with E-state index in [0.29, 0.717) is 6.42 Å². The van der Waals surface area contributed by atoms with Crippen LogP contribution in [0.5, 0.6) is 0 Å². The van der Waals surface area contributed by atoms with Crippen molar-refractivity contribution in [1.82, 2.24) is 0 Å². The normalized spacial score (nSPS) is 12.0. The van der Waals surface area contributed by atoms with Crippen LogP contribution < -0.4 is 0 Å². The minimum absolute atomic E-state index is 0.328. The lowest BCUT2D eigenvalue weighted by molar-refractivity contribution is -0.137. The number of carbonyl (C=O) groups is 1. The number of hydrogen-bond donors (Lipinski definition) is 1. The van der Waals surface area contributed by atoms with Gasteiger partial charge in [0.05, 0.1) is 0 Å². The summed E-state index contributed by atoms with van der Waals surface area (Å²) in [5.74, 6) is -0.664. The van der Waals surface area contributed by atoms with E-state index in [1.54, 1.807) is 0 Å². The minimum atomic E-state index is -0.664. The molecule has 0 aliphatic carbocycles. The first-order chi connectivity index (χ1) is 15.3. The predicted molar refractivity (Wildman–Crippen MR) is 138 cm³/mol. The van der Waals surface area contributed by atoms with E-state index < -0.39 is 5.97 Å². The smallest absolute Gasteiger partial charge is 0.303 e. The van der Waals surface area contributed by atoms with E-state index in [1.165, 1.54) is 103 Å². The fraction of sp³-hybridized carbons (Fsp3) is 0.759. The van der Waals surface area contributed by atoms with E-state index in [0.717, 1.165) is 25.7 Å². The summed E-state index contributed by atoms with van der Waals surface area (Å²) in [7, 11) is 0. The fourth-order valence-electron chi connectivity index (χ4n) is 3.77. The Balaban J connectivity index is 3.25. The van der Waals surface area contributed by atoms with Gasteiger partial charge in [0, 0.05) is 6.42 Å². The van der Waals surface area contributed by atoms with Crippen molar-refractivity contribution in [2.75, 3.05) is 0 Å². The largest absolute Gasteiger partial charge is 0.481 e. The first-order valence-corrected chi connectivity index (χ1v) is 13.4. The maximum absolute atomic E-state index is 10.4. The van der Waals surface area contributed by atoms with Crippen LogP contribution in [0.25, 0.3) is 0 Å². The molecule has 0 aromatic carbocycles. The molecule has 0 fully saturated rings. The first kappa shape index (κ1) is 29.7. The molecule has 0 saturated carbocycles. The van der Waals surface area contributed by atoms with Gasteiger partial charge in [-0.25, -0.2) is 0 Å². The van der Waals surface area contributed by atoms with Gasteiger partial charge in [-0.1, -0.05) is 127 Å². The molecule has 0 heterocycles. The van der Waals surface area contributed by atoms with E-state index in [9.17, 15) is 4.79 Å². The summed E-state index contributed by atoms with van der Waals surface area (Å²) < 4.78 is 0. The van der Waals surface area contributed by atoms with E-state index in [-0.39, 0.29) is 0 Å². The van der Waals surface area contributed by atoms with Gasteiger partial charge in [0.2, 0.25) is 0 Å². The number of allylic oxidation sites excluding steroid dienone is 6. The molecule has 0 aromatic rings. The molecule has 0 aromatic heterocycles. The molecule has 0 atom stereocenters. The molecule has 31 heavy (non-hydrogen) atoms. The molecule has 2 heteroatoms. The van der Waals surface area contributed by atoms with Crippen molar-refractivity contribution in [1.29, 1.82) is 0 Å². The zero-order chi connectivity index (χ0) is 22.7. The summed E-state index contributed by atoms with van der Waals surface area (Å²) in [5.41, 5.74) is 0. The Morgan fingerprint density at radius 3 is 1.29 bits per heavy atom. The third-order valence-corrected chi connectivity index (χ3v) is 5.78. The van der Waals surface area contributed by atoms with Crippen LogP contribution >= 0.6 is 0 Å². The molecular weight excluding hydrogens is 380 g/mol. The summed E-state index contributed by atoms with van der Waals surface area (Å²) >= 11 is 0. The van der Waals surface area contributed by atoms with Crippen LogP contribution in [0.4, 0.5) is 0 Å². The Morgan fingerprint density at radius 2 is 0.871 bits per heavy atom. The molecule has 0 amide bonds. The van der Waals surface area contributed by atoms with Gasteiger partial charge in [0.25, 0.3) is 0 Å². The average Bonchev–Trinajstić information content (AvgIpc) is 2.76. The topological polar surface area (TPSA) is 37.3 Å². The van der Waals surface area contributed by atoms with E-state index in [1.807, 2.05) is 0 Å². The summed E-state index contributed by atoms with van der Waals surface area (Å²) in [5, 5.41) is 8.59. The van der Waals surface area contributed by atoms with Gasteiger partial charge in [-0.15, -0.1) is 0 Å². The van der Waals surface area contributed by atoms with Gasteiger partial charge in [0.1, 0.15) is 0 Å². The highest BCUT2D eigenvalue weighted by Crippen LogP contribution is 2.11. The Bertz CT molecular complexity index is 448. The second-order valence-corrected chi connectivity index (χ2v) is 8.91. The van der Waals surface area contributed by atoms with Gasteiger partial charge in [-0.3, -0.25) is 4.79 Å². The molecule has 0 unspecified atom stereocenters. The lowest BCUT2D eigenvalue weighted by atomic mass is 10.1. The van der Waals surface area contributed by atoms with Crippen molar-refractivity contribution in [2.24, 2.45) is 0 Å². The molecule has 0 bridgehead atoms. The molecule has 0 aliphatic rings. The molecule has 0 rings (SSSR count). The van der Waals surface area contributed by atoms with Gasteiger partial charge in [-0.05, 0) is 44.9 Å². The van der Waals surface area contributed by atoms with Crippen molar-refractivity contribution < 1.29 is 9.90 Å². The molecule has 0 saturated heterocycles. The standard InChI is InChI=1S/C29H52O2/c1-2-3-4-5-6-7-8-9-10-11-12-13-14-15-16-17-18-19-20-21-22-23-24-25-26-27-28-29(30)31/h12-13,15-16,18-19H,2-11,14,17,20-28H2,1H3,(H,30,31). The molecule has 0 spiro atoms. The molecule has 180 valence electrons. The van der Waals surface area contributed by atoms with Crippen molar-refractivity contribution >= 4 is 5.97 Å². The quantitative estimate of drug-likeness (QED) is 0.122. The maximum Gasteiger partial charge on any atom is 0.303 e. The Kier molecular flexibility index (Phi) is 25.6. The van der Waals surface area contributed by atoms with Gasteiger partial charge >= 0.3 is 5.97 Å². The lowest BCUT2D eigenvalue weighted by Gasteiger charge is -2.00. The van der Waals surface area contributed by atoms with Crippen molar-refractivity contribution in [2.45, 2.75) is 142 Å². The van der Waals surface area contributed by atoms with Gasteiger partial charge < -0.3 is 5.11 Å². The highest BCUT2D eigenvalue weighted by atomic mass is 16.4. The highest BCUT2D eigenvalue weighted by Gasteiger charge is 1.96. The summed E-state index contributed by atoms with van der Waals surface area (Å²) in [4.78, 5) is 10.4. The number of carboxylic acids is 1. The third-order valence-electron chi connectivity index (χ3n) is 5.78. The molecule has 0 aliphatic heterocycles. The zero-order valence-corrected chi connectivity index (χ0v) is 20.7. The number of unbranched alkanes of at least 4 members (excludes halogenated alkanes) is 16. The van der Waals surface area contributed by atoms with Crippen molar-refractivity contribution in [3.05, 3.63) is 36.5 Å². The van der Waals surface area contributed by atoms with E-state index in [2.05, 4.69) is 43.4 Å². The van der Waals surface area contributed by atoms with Gasteiger partial charge in [0.15, 0.2) is 0 Å². The predicted octanol–water partition coefficient (Wildman–Crippen LogP) is 9.95. The summed E-state index contributed by atoms with van der Waals surface area (Å²) in [6.07, 6.45) is 39.5. The van der Waals surface area contributed by atoms with Crippen LogP contribution in [0.15, 0.2) is 36.5 Å². The number of aliphatic carboxylic acids is 1. The minimum Gasteiger partial charge on any atom is -0.481 e. The second kappa shape index (κ2) is 26.7. The molecule has 1 N–H and O–H groups in total. The monoisotopic (exact) mass is 432 g/mol. The first-order valence-electron chi connectivity index (χ1n) is 13.4. The van der Waals surface area contributed by atoms with E-state index >= 15 is 0 Å². The molecule has 2 nitrogen and oxygen atoms in total. The van der Waals surface area contributed by atoms with E-state index in [4.69, 9.17) is 5.11 Å². The Labute approximate surface area is 194 Å². The van der Waals surface area contributed by atoms with Crippen LogP contribution in [0, 0.1) is 0 Å². The Morgan fingerprint density at radius 1 is 0.516 bits per heavy atom. The highest BCUT2D eigenvalue weighted by molar-refractivity contribution is 5.66. The lowest BCUT2D eigenvalue weighted by Crippen LogP contribution is -1.93. The number of hydrogen-bond acceptors (Lipinski definition) is 1. The van der Waals surface area contributed by atoms with Crippen LogP contribution in [-0.4, -0.2) is 11.1 Å². The SMILES string of the molecule is CCCCCCCCCCCC=CCC=CCC=CCCCCCCCCCC(=O)O. The summed E-state index contributed by atoms with van der Waals surface area (Å²) in [6, 6.07) is 0. The average molecular weight is 433 g/mol. The van der Waals surface area contributed by atoms with Crippen LogP contribution in [0.1, 0.15) is 142 Å². The fourth-order valence-corrected chi connectivity index (χ4v) is 3.77. The van der Waals surface area contributed by atoms with Crippen molar-refractivity contribution in [3.8, 4) is 0 Å². The van der Waals surface area contributed by atoms with Crippen LogP contribution in [0.2, 0.25) is 0 Å².